The molecule has 3 heteroatoms. The Bertz CT molecular complexity index is 515. The summed E-state index contributed by atoms with van der Waals surface area (Å²) in [5.41, 5.74) is 4.35. The molecule has 2 rings (SSSR count). The molecule has 0 radical (unpaired) electrons. The molecule has 0 aliphatic rings. The van der Waals surface area contributed by atoms with Crippen LogP contribution in [0.15, 0.2) is 40.9 Å². The molecule has 0 spiro atoms. The average molecular weight is 306 g/mol. The Kier molecular flexibility index (Phi) is 3.92. The summed E-state index contributed by atoms with van der Waals surface area (Å²) in [4.78, 5) is 0. The van der Waals surface area contributed by atoms with E-state index < -0.39 is 0 Å². The number of aryl methyl sites for hydroxylation is 2. The molecule has 0 aliphatic heterocycles. The van der Waals surface area contributed by atoms with E-state index in [0.29, 0.717) is 5.75 Å². The van der Waals surface area contributed by atoms with Gasteiger partial charge in [0.05, 0.1) is 0 Å². The number of halogens is 1. The van der Waals surface area contributed by atoms with Gasteiger partial charge in [-0.1, -0.05) is 28.1 Å². The predicted molar refractivity (Wildman–Crippen MR) is 79.0 cm³/mol. The van der Waals surface area contributed by atoms with Gasteiger partial charge in [0.2, 0.25) is 0 Å². The van der Waals surface area contributed by atoms with Crippen LogP contribution in [0.25, 0.3) is 0 Å². The summed E-state index contributed by atoms with van der Waals surface area (Å²) in [7, 11) is 0. The van der Waals surface area contributed by atoms with Gasteiger partial charge in [-0.25, -0.2) is 0 Å². The zero-order valence-electron chi connectivity index (χ0n) is 10.5. The molecule has 2 nitrogen and oxygen atoms in total. The molecule has 0 saturated heterocycles. The number of hydrogen-bond donors (Lipinski definition) is 2. The number of phenols is 1. The van der Waals surface area contributed by atoms with Crippen molar-refractivity contribution >= 4 is 21.6 Å². The molecule has 18 heavy (non-hydrogen) atoms. The Labute approximate surface area is 116 Å². The van der Waals surface area contributed by atoms with Crippen molar-refractivity contribution in [2.75, 3.05) is 5.32 Å². The first-order chi connectivity index (χ1) is 8.56. The summed E-state index contributed by atoms with van der Waals surface area (Å²) >= 11 is 3.53. The highest BCUT2D eigenvalue weighted by atomic mass is 79.9. The number of anilines is 1. The first-order valence-electron chi connectivity index (χ1n) is 5.85. The Hall–Kier alpha value is -1.48. The topological polar surface area (TPSA) is 32.3 Å². The minimum atomic E-state index is 0.332. The minimum Gasteiger partial charge on any atom is -0.508 e. The van der Waals surface area contributed by atoms with Crippen LogP contribution in [0, 0.1) is 13.8 Å². The van der Waals surface area contributed by atoms with E-state index in [1.807, 2.05) is 19.1 Å². The number of phenolic OH excluding ortho intramolecular Hbond substituents is 1. The molecule has 2 aromatic carbocycles. The zero-order chi connectivity index (χ0) is 13.1. The summed E-state index contributed by atoms with van der Waals surface area (Å²) < 4.78 is 1.13. The number of nitrogens with one attached hydrogen (secondary N) is 1. The fourth-order valence-electron chi connectivity index (χ4n) is 1.72. The minimum absolute atomic E-state index is 0.332. The number of rotatable bonds is 3. The monoisotopic (exact) mass is 305 g/mol. The van der Waals surface area contributed by atoms with Crippen LogP contribution in [-0.4, -0.2) is 5.11 Å². The molecular formula is C15H16BrNO. The highest BCUT2D eigenvalue weighted by Crippen LogP contribution is 2.22. The van der Waals surface area contributed by atoms with Crippen LogP contribution in [-0.2, 0) is 6.54 Å². The van der Waals surface area contributed by atoms with Gasteiger partial charge in [-0.2, -0.15) is 0 Å². The van der Waals surface area contributed by atoms with E-state index in [2.05, 4.69) is 46.4 Å². The van der Waals surface area contributed by atoms with Crippen LogP contribution in [0.5, 0.6) is 5.75 Å². The van der Waals surface area contributed by atoms with Crippen molar-refractivity contribution in [1.29, 1.82) is 0 Å². The van der Waals surface area contributed by atoms with Crippen molar-refractivity contribution < 1.29 is 5.11 Å². The van der Waals surface area contributed by atoms with Crippen molar-refractivity contribution in [3.8, 4) is 5.75 Å². The second-order valence-electron chi connectivity index (χ2n) is 4.44. The highest BCUT2D eigenvalue weighted by molar-refractivity contribution is 9.10. The van der Waals surface area contributed by atoms with Gasteiger partial charge in [-0.3, -0.25) is 0 Å². The van der Waals surface area contributed by atoms with Crippen molar-refractivity contribution in [2.45, 2.75) is 20.4 Å². The Morgan fingerprint density at radius 2 is 1.83 bits per heavy atom. The first-order valence-corrected chi connectivity index (χ1v) is 6.64. The van der Waals surface area contributed by atoms with Gasteiger partial charge in [0, 0.05) is 16.7 Å². The SMILES string of the molecule is Cc1cc(NCc2ccc(C)c(Br)c2)ccc1O. The third kappa shape index (κ3) is 3.05. The predicted octanol–water partition coefficient (Wildman–Crippen LogP) is 4.38. The molecule has 94 valence electrons. The van der Waals surface area contributed by atoms with E-state index in [1.54, 1.807) is 6.07 Å². The van der Waals surface area contributed by atoms with Gasteiger partial charge in [-0.05, 0) is 54.8 Å². The molecule has 0 heterocycles. The van der Waals surface area contributed by atoms with Gasteiger partial charge < -0.3 is 10.4 Å². The van der Waals surface area contributed by atoms with Gasteiger partial charge in [0.1, 0.15) is 5.75 Å². The van der Waals surface area contributed by atoms with E-state index in [4.69, 9.17) is 0 Å². The summed E-state index contributed by atoms with van der Waals surface area (Å²) in [5, 5.41) is 12.8. The molecule has 2 aromatic rings. The third-order valence-corrected chi connectivity index (χ3v) is 3.78. The number of aromatic hydroxyl groups is 1. The van der Waals surface area contributed by atoms with Crippen LogP contribution >= 0.6 is 15.9 Å². The highest BCUT2D eigenvalue weighted by Gasteiger charge is 2.00. The van der Waals surface area contributed by atoms with Crippen LogP contribution in [0.2, 0.25) is 0 Å². The Morgan fingerprint density at radius 3 is 2.50 bits per heavy atom. The lowest BCUT2D eigenvalue weighted by molar-refractivity contribution is 0.471. The number of hydrogen-bond acceptors (Lipinski definition) is 2. The lowest BCUT2D eigenvalue weighted by Crippen LogP contribution is -1.99. The van der Waals surface area contributed by atoms with Gasteiger partial charge in [0.25, 0.3) is 0 Å². The molecule has 0 atom stereocenters. The lowest BCUT2D eigenvalue weighted by Gasteiger charge is -2.09. The molecule has 2 N–H and O–H groups in total. The summed E-state index contributed by atoms with van der Waals surface area (Å²) in [6.45, 7) is 4.73. The van der Waals surface area contributed by atoms with Crippen LogP contribution in [0.4, 0.5) is 5.69 Å². The molecule has 0 amide bonds. The lowest BCUT2D eigenvalue weighted by atomic mass is 10.1. The van der Waals surface area contributed by atoms with Crippen molar-refractivity contribution in [2.24, 2.45) is 0 Å². The zero-order valence-corrected chi connectivity index (χ0v) is 12.1. The smallest absolute Gasteiger partial charge is 0.118 e. The first kappa shape index (κ1) is 13.0. The average Bonchev–Trinajstić information content (AvgIpc) is 2.35. The van der Waals surface area contributed by atoms with E-state index in [9.17, 15) is 5.11 Å². The quantitative estimate of drug-likeness (QED) is 0.825. The Morgan fingerprint density at radius 1 is 1.06 bits per heavy atom. The third-order valence-electron chi connectivity index (χ3n) is 2.93. The second-order valence-corrected chi connectivity index (χ2v) is 5.29. The Balaban J connectivity index is 2.06. The fraction of sp³-hybridized carbons (Fsp3) is 0.200. The van der Waals surface area contributed by atoms with E-state index >= 15 is 0 Å². The van der Waals surface area contributed by atoms with E-state index in [1.165, 1.54) is 11.1 Å². The summed E-state index contributed by atoms with van der Waals surface area (Å²) in [6, 6.07) is 11.9. The normalized spacial score (nSPS) is 10.4. The molecule has 0 aromatic heterocycles. The maximum atomic E-state index is 9.46. The fourth-order valence-corrected chi connectivity index (χ4v) is 2.14. The maximum Gasteiger partial charge on any atom is 0.118 e. The van der Waals surface area contributed by atoms with E-state index in [0.717, 1.165) is 22.3 Å². The van der Waals surface area contributed by atoms with Crippen LogP contribution in [0.1, 0.15) is 16.7 Å². The van der Waals surface area contributed by atoms with Crippen molar-refractivity contribution in [3.63, 3.8) is 0 Å². The standard InChI is InChI=1S/C15H16BrNO/c1-10-3-4-12(8-14(10)16)9-17-13-5-6-15(18)11(2)7-13/h3-8,17-18H,9H2,1-2H3. The number of benzene rings is 2. The molecule has 0 saturated carbocycles. The molecule has 0 fully saturated rings. The van der Waals surface area contributed by atoms with Crippen molar-refractivity contribution in [3.05, 3.63) is 57.6 Å². The summed E-state index contributed by atoms with van der Waals surface area (Å²) in [6.07, 6.45) is 0. The van der Waals surface area contributed by atoms with Crippen LogP contribution in [0.3, 0.4) is 0 Å². The molecule has 0 aliphatic carbocycles. The second kappa shape index (κ2) is 5.44. The summed E-state index contributed by atoms with van der Waals surface area (Å²) in [5.74, 6) is 0.332. The molecule has 0 unspecified atom stereocenters. The largest absolute Gasteiger partial charge is 0.508 e. The molecular weight excluding hydrogens is 290 g/mol. The van der Waals surface area contributed by atoms with Gasteiger partial charge >= 0.3 is 0 Å². The van der Waals surface area contributed by atoms with Crippen molar-refractivity contribution in [1.82, 2.24) is 0 Å². The van der Waals surface area contributed by atoms with Crippen LogP contribution < -0.4 is 5.32 Å². The van der Waals surface area contributed by atoms with Gasteiger partial charge in [0.15, 0.2) is 0 Å². The van der Waals surface area contributed by atoms with E-state index in [-0.39, 0.29) is 0 Å². The van der Waals surface area contributed by atoms with Gasteiger partial charge in [-0.15, -0.1) is 0 Å². The molecule has 0 bridgehead atoms. The maximum absolute atomic E-state index is 9.46.